The van der Waals surface area contributed by atoms with Crippen LogP contribution in [0.2, 0.25) is 0 Å². The number of carbonyl (C=O) groups is 2. The summed E-state index contributed by atoms with van der Waals surface area (Å²) < 4.78 is 0. The number of benzene rings is 2. The van der Waals surface area contributed by atoms with Gasteiger partial charge in [-0.25, -0.2) is 0 Å². The molecule has 0 atom stereocenters. The van der Waals surface area contributed by atoms with Crippen LogP contribution < -0.4 is 5.73 Å². The number of nitrogens with one attached hydrogen (secondary N) is 1. The highest BCUT2D eigenvalue weighted by molar-refractivity contribution is 6.05. The van der Waals surface area contributed by atoms with Gasteiger partial charge in [-0.2, -0.15) is 5.10 Å². The largest absolute Gasteiger partial charge is 0.398 e. The van der Waals surface area contributed by atoms with Gasteiger partial charge in [-0.3, -0.25) is 14.7 Å². The smallest absolute Gasteiger partial charge is 0.275 e. The van der Waals surface area contributed by atoms with Crippen LogP contribution in [0.4, 0.5) is 5.69 Å². The molecule has 0 unspecified atom stereocenters. The number of nitrogen functional groups attached to an aromatic ring is 1. The van der Waals surface area contributed by atoms with Gasteiger partial charge in [0.1, 0.15) is 0 Å². The molecule has 0 aliphatic carbocycles. The number of aromatic amines is 1. The monoisotopic (exact) mass is 349 g/mol. The van der Waals surface area contributed by atoms with Crippen LogP contribution in [0.25, 0.3) is 10.9 Å². The minimum Gasteiger partial charge on any atom is -0.398 e. The number of fused-ring (bicyclic) bond motifs is 1. The van der Waals surface area contributed by atoms with Crippen LogP contribution in [0.3, 0.4) is 0 Å². The molecule has 2 aromatic carbocycles. The molecule has 0 saturated carbocycles. The van der Waals surface area contributed by atoms with Crippen LogP contribution in [-0.4, -0.2) is 58.0 Å². The van der Waals surface area contributed by atoms with E-state index in [0.717, 1.165) is 10.9 Å². The molecule has 2 amide bonds. The van der Waals surface area contributed by atoms with Crippen LogP contribution >= 0.6 is 0 Å². The second-order valence-corrected chi connectivity index (χ2v) is 6.29. The molecule has 1 aliphatic rings. The Kier molecular flexibility index (Phi) is 4.04. The maximum Gasteiger partial charge on any atom is 0.275 e. The maximum atomic E-state index is 12.8. The molecule has 132 valence electrons. The highest BCUT2D eigenvalue weighted by Gasteiger charge is 2.28. The Morgan fingerprint density at radius 1 is 0.885 bits per heavy atom. The Morgan fingerprint density at radius 3 is 2.23 bits per heavy atom. The van der Waals surface area contributed by atoms with E-state index in [1.165, 1.54) is 0 Å². The van der Waals surface area contributed by atoms with Gasteiger partial charge in [0.05, 0.1) is 11.1 Å². The first-order valence-electron chi connectivity index (χ1n) is 8.51. The van der Waals surface area contributed by atoms with Crippen molar-refractivity contribution in [2.24, 2.45) is 0 Å². The van der Waals surface area contributed by atoms with Crippen molar-refractivity contribution in [3.8, 4) is 0 Å². The number of nitrogens with zero attached hydrogens (tertiary/aromatic N) is 3. The SMILES string of the molecule is Nc1ccccc1C(=O)N1CCN(C(=O)c2n[nH]c3ccccc23)CC1. The third-order valence-corrected chi connectivity index (χ3v) is 4.72. The summed E-state index contributed by atoms with van der Waals surface area (Å²) in [5.74, 6) is -0.214. The van der Waals surface area contributed by atoms with Gasteiger partial charge in [0.15, 0.2) is 5.69 Å². The molecule has 3 N–H and O–H groups in total. The second kappa shape index (κ2) is 6.51. The zero-order chi connectivity index (χ0) is 18.1. The van der Waals surface area contributed by atoms with Gasteiger partial charge in [-0.05, 0) is 18.2 Å². The topological polar surface area (TPSA) is 95.3 Å². The maximum absolute atomic E-state index is 12.8. The molecule has 1 aromatic heterocycles. The van der Waals surface area contributed by atoms with E-state index in [-0.39, 0.29) is 11.8 Å². The molecule has 1 fully saturated rings. The van der Waals surface area contributed by atoms with Gasteiger partial charge in [0.25, 0.3) is 11.8 Å². The molecule has 0 spiro atoms. The Labute approximate surface area is 150 Å². The molecule has 1 saturated heterocycles. The molecule has 3 aromatic rings. The number of nitrogens with two attached hydrogens (primary N) is 1. The fraction of sp³-hybridized carbons (Fsp3) is 0.211. The van der Waals surface area contributed by atoms with Gasteiger partial charge in [0.2, 0.25) is 0 Å². The number of carbonyl (C=O) groups excluding carboxylic acids is 2. The van der Waals surface area contributed by atoms with E-state index in [4.69, 9.17) is 5.73 Å². The van der Waals surface area contributed by atoms with Crippen molar-refractivity contribution < 1.29 is 9.59 Å². The predicted molar refractivity (Wildman–Crippen MR) is 98.8 cm³/mol. The van der Waals surface area contributed by atoms with Crippen LogP contribution in [0.5, 0.6) is 0 Å². The van der Waals surface area contributed by atoms with Crippen molar-refractivity contribution in [2.45, 2.75) is 0 Å². The number of hydrogen-bond donors (Lipinski definition) is 2. The number of piperazine rings is 1. The molecule has 7 nitrogen and oxygen atoms in total. The predicted octanol–water partition coefficient (Wildman–Crippen LogP) is 1.74. The summed E-state index contributed by atoms with van der Waals surface area (Å²) in [5, 5.41) is 7.87. The zero-order valence-corrected chi connectivity index (χ0v) is 14.2. The summed E-state index contributed by atoms with van der Waals surface area (Å²) in [5.41, 5.74) is 8.13. The Hall–Kier alpha value is -3.35. The number of aromatic nitrogens is 2. The first kappa shape index (κ1) is 16.1. The number of para-hydroxylation sites is 2. The van der Waals surface area contributed by atoms with E-state index in [2.05, 4.69) is 10.2 Å². The number of anilines is 1. The van der Waals surface area contributed by atoms with Gasteiger partial charge in [0, 0.05) is 37.3 Å². The van der Waals surface area contributed by atoms with Gasteiger partial charge >= 0.3 is 0 Å². The summed E-state index contributed by atoms with van der Waals surface area (Å²) in [6.07, 6.45) is 0. The number of H-pyrrole nitrogens is 1. The van der Waals surface area contributed by atoms with Crippen LogP contribution in [0.15, 0.2) is 48.5 Å². The molecule has 4 rings (SSSR count). The minimum atomic E-state index is -0.117. The van der Waals surface area contributed by atoms with Gasteiger partial charge < -0.3 is 15.5 Å². The average Bonchev–Trinajstić information content (AvgIpc) is 3.11. The highest BCUT2D eigenvalue weighted by atomic mass is 16.2. The molecule has 7 heteroatoms. The second-order valence-electron chi connectivity index (χ2n) is 6.29. The van der Waals surface area contributed by atoms with E-state index in [0.29, 0.717) is 43.1 Å². The molecule has 26 heavy (non-hydrogen) atoms. The van der Waals surface area contributed by atoms with E-state index in [1.54, 1.807) is 34.1 Å². The summed E-state index contributed by atoms with van der Waals surface area (Å²) >= 11 is 0. The first-order chi connectivity index (χ1) is 12.6. The highest BCUT2D eigenvalue weighted by Crippen LogP contribution is 2.19. The molecule has 1 aliphatic heterocycles. The molecular weight excluding hydrogens is 330 g/mol. The third kappa shape index (κ3) is 2.77. The van der Waals surface area contributed by atoms with E-state index in [1.807, 2.05) is 24.3 Å². The Morgan fingerprint density at radius 2 is 1.50 bits per heavy atom. The molecule has 2 heterocycles. The van der Waals surface area contributed by atoms with Crippen molar-refractivity contribution in [1.29, 1.82) is 0 Å². The van der Waals surface area contributed by atoms with Crippen molar-refractivity contribution in [3.05, 3.63) is 59.8 Å². The van der Waals surface area contributed by atoms with Gasteiger partial charge in [-0.1, -0.05) is 30.3 Å². The van der Waals surface area contributed by atoms with Crippen LogP contribution in [0.1, 0.15) is 20.8 Å². The number of hydrogen-bond acceptors (Lipinski definition) is 4. The number of amides is 2. The Bertz CT molecular complexity index is 973. The van der Waals surface area contributed by atoms with Crippen molar-refractivity contribution in [2.75, 3.05) is 31.9 Å². The summed E-state index contributed by atoms with van der Waals surface area (Å²) in [4.78, 5) is 28.9. The van der Waals surface area contributed by atoms with E-state index >= 15 is 0 Å². The fourth-order valence-electron chi connectivity index (χ4n) is 3.25. The van der Waals surface area contributed by atoms with Crippen molar-refractivity contribution >= 4 is 28.4 Å². The molecule has 0 radical (unpaired) electrons. The first-order valence-corrected chi connectivity index (χ1v) is 8.51. The fourth-order valence-corrected chi connectivity index (χ4v) is 3.25. The minimum absolute atomic E-state index is 0.0968. The van der Waals surface area contributed by atoms with E-state index < -0.39 is 0 Å². The van der Waals surface area contributed by atoms with Crippen molar-refractivity contribution in [3.63, 3.8) is 0 Å². The lowest BCUT2D eigenvalue weighted by Crippen LogP contribution is -2.50. The van der Waals surface area contributed by atoms with Crippen LogP contribution in [0, 0.1) is 0 Å². The lowest BCUT2D eigenvalue weighted by atomic mass is 10.1. The third-order valence-electron chi connectivity index (χ3n) is 4.72. The van der Waals surface area contributed by atoms with Crippen molar-refractivity contribution in [1.82, 2.24) is 20.0 Å². The lowest BCUT2D eigenvalue weighted by Gasteiger charge is -2.34. The summed E-state index contributed by atoms with van der Waals surface area (Å²) in [6, 6.07) is 14.6. The Balaban J connectivity index is 1.46. The summed E-state index contributed by atoms with van der Waals surface area (Å²) in [7, 11) is 0. The normalized spacial score (nSPS) is 14.6. The zero-order valence-electron chi connectivity index (χ0n) is 14.2. The molecule has 0 bridgehead atoms. The van der Waals surface area contributed by atoms with E-state index in [9.17, 15) is 9.59 Å². The van der Waals surface area contributed by atoms with Crippen LogP contribution in [-0.2, 0) is 0 Å². The standard InChI is InChI=1S/C19H19N5O2/c20-15-7-3-1-5-13(15)18(25)23-9-11-24(12-10-23)19(26)17-14-6-2-4-8-16(14)21-22-17/h1-8H,9-12,20H2,(H,21,22). The quantitative estimate of drug-likeness (QED) is 0.689. The molecular formula is C19H19N5O2. The van der Waals surface area contributed by atoms with Gasteiger partial charge in [-0.15, -0.1) is 0 Å². The number of rotatable bonds is 2. The lowest BCUT2D eigenvalue weighted by molar-refractivity contribution is 0.0534. The average molecular weight is 349 g/mol. The summed E-state index contributed by atoms with van der Waals surface area (Å²) in [6.45, 7) is 1.89.